The zero-order valence-corrected chi connectivity index (χ0v) is 10.9. The standard InChI is InChI=1S/C11H12F3N3O4/c1-2-21-10(20)16-15-8(18)6-17-5-7(11(12,13)14)3-4-9(17)19/h3-5H,2,6H2,1H3,(H,15,18)(H,16,20). The Kier molecular flexibility index (Phi) is 5.33. The minimum atomic E-state index is -4.63. The van der Waals surface area contributed by atoms with Gasteiger partial charge >= 0.3 is 12.3 Å². The van der Waals surface area contributed by atoms with Crippen LogP contribution in [0.3, 0.4) is 0 Å². The average molecular weight is 307 g/mol. The summed E-state index contributed by atoms with van der Waals surface area (Å²) in [7, 11) is 0. The first-order chi connectivity index (χ1) is 9.74. The number of hydrogen-bond donors (Lipinski definition) is 2. The fourth-order valence-corrected chi connectivity index (χ4v) is 1.30. The number of carbonyl (C=O) groups is 2. The third-order valence-electron chi connectivity index (χ3n) is 2.20. The molecule has 0 spiro atoms. The highest BCUT2D eigenvalue weighted by atomic mass is 19.4. The third kappa shape index (κ3) is 5.16. The molecule has 0 bridgehead atoms. The van der Waals surface area contributed by atoms with Crippen LogP contribution >= 0.6 is 0 Å². The van der Waals surface area contributed by atoms with Gasteiger partial charge in [-0.1, -0.05) is 0 Å². The molecule has 0 radical (unpaired) electrons. The van der Waals surface area contributed by atoms with Gasteiger partial charge in [0.2, 0.25) is 0 Å². The lowest BCUT2D eigenvalue weighted by molar-refractivity contribution is -0.138. The van der Waals surface area contributed by atoms with Crippen LogP contribution in [0.2, 0.25) is 0 Å². The van der Waals surface area contributed by atoms with Gasteiger partial charge in [-0.3, -0.25) is 15.0 Å². The first kappa shape index (κ1) is 16.5. The number of pyridine rings is 1. The second-order valence-electron chi connectivity index (χ2n) is 3.78. The molecule has 1 rings (SSSR count). The summed E-state index contributed by atoms with van der Waals surface area (Å²) in [6, 6.07) is 1.32. The van der Waals surface area contributed by atoms with Gasteiger partial charge in [-0.15, -0.1) is 0 Å². The summed E-state index contributed by atoms with van der Waals surface area (Å²) in [5.41, 5.74) is 1.92. The van der Waals surface area contributed by atoms with E-state index in [2.05, 4.69) is 4.74 Å². The Morgan fingerprint density at radius 2 is 1.95 bits per heavy atom. The van der Waals surface area contributed by atoms with Crippen LogP contribution in [-0.2, 0) is 22.3 Å². The fraction of sp³-hybridized carbons (Fsp3) is 0.364. The van der Waals surface area contributed by atoms with Crippen molar-refractivity contribution in [2.24, 2.45) is 0 Å². The summed E-state index contributed by atoms with van der Waals surface area (Å²) in [6.07, 6.45) is -5.04. The summed E-state index contributed by atoms with van der Waals surface area (Å²) in [6.45, 7) is 0.938. The maximum absolute atomic E-state index is 12.5. The zero-order chi connectivity index (χ0) is 16.0. The molecule has 7 nitrogen and oxygen atoms in total. The van der Waals surface area contributed by atoms with Gasteiger partial charge in [-0.2, -0.15) is 13.2 Å². The number of ether oxygens (including phenoxy) is 1. The lowest BCUT2D eigenvalue weighted by atomic mass is 10.3. The van der Waals surface area contributed by atoms with Crippen LogP contribution < -0.4 is 16.4 Å². The summed E-state index contributed by atoms with van der Waals surface area (Å²) >= 11 is 0. The van der Waals surface area contributed by atoms with Crippen molar-refractivity contribution in [2.45, 2.75) is 19.6 Å². The molecule has 0 aliphatic carbocycles. The van der Waals surface area contributed by atoms with E-state index >= 15 is 0 Å². The van der Waals surface area contributed by atoms with Gasteiger partial charge in [-0.05, 0) is 13.0 Å². The average Bonchev–Trinajstić information content (AvgIpc) is 2.38. The molecule has 0 saturated heterocycles. The van der Waals surface area contributed by atoms with E-state index in [1.54, 1.807) is 6.92 Å². The minimum Gasteiger partial charge on any atom is -0.449 e. The van der Waals surface area contributed by atoms with Crippen molar-refractivity contribution in [1.29, 1.82) is 0 Å². The van der Waals surface area contributed by atoms with Gasteiger partial charge in [-0.25, -0.2) is 10.2 Å². The van der Waals surface area contributed by atoms with Crippen LogP contribution in [0.25, 0.3) is 0 Å². The minimum absolute atomic E-state index is 0.0782. The number of amides is 2. The second-order valence-corrected chi connectivity index (χ2v) is 3.78. The molecule has 0 atom stereocenters. The Morgan fingerprint density at radius 1 is 1.29 bits per heavy atom. The number of nitrogens with zero attached hydrogens (tertiary/aromatic N) is 1. The van der Waals surface area contributed by atoms with E-state index in [9.17, 15) is 27.6 Å². The molecular formula is C11H12F3N3O4. The van der Waals surface area contributed by atoms with E-state index < -0.39 is 35.8 Å². The smallest absolute Gasteiger partial charge is 0.426 e. The van der Waals surface area contributed by atoms with Crippen molar-refractivity contribution >= 4 is 12.0 Å². The molecule has 1 heterocycles. The van der Waals surface area contributed by atoms with Crippen molar-refractivity contribution < 1.29 is 27.5 Å². The Balaban J connectivity index is 2.72. The number of alkyl halides is 3. The van der Waals surface area contributed by atoms with E-state index in [1.807, 2.05) is 10.9 Å². The van der Waals surface area contributed by atoms with Crippen molar-refractivity contribution in [3.05, 3.63) is 34.2 Å². The number of halogens is 3. The van der Waals surface area contributed by atoms with E-state index in [0.717, 1.165) is 0 Å². The molecule has 1 aromatic rings. The molecular weight excluding hydrogens is 295 g/mol. The highest BCUT2D eigenvalue weighted by Gasteiger charge is 2.31. The number of rotatable bonds is 3. The van der Waals surface area contributed by atoms with Gasteiger partial charge in [0.1, 0.15) is 6.54 Å². The van der Waals surface area contributed by atoms with Gasteiger partial charge < -0.3 is 9.30 Å². The maximum Gasteiger partial charge on any atom is 0.426 e. The SMILES string of the molecule is CCOC(=O)NNC(=O)Cn1cc(C(F)(F)F)ccc1=O. The molecule has 0 aliphatic heterocycles. The number of carbonyl (C=O) groups excluding carboxylic acids is 2. The molecule has 0 saturated carbocycles. The quantitative estimate of drug-likeness (QED) is 0.802. The molecule has 21 heavy (non-hydrogen) atoms. The fourth-order valence-electron chi connectivity index (χ4n) is 1.30. The molecule has 0 fully saturated rings. The second kappa shape index (κ2) is 6.77. The van der Waals surface area contributed by atoms with Crippen molar-refractivity contribution in [3.63, 3.8) is 0 Å². The molecule has 1 aromatic heterocycles. The van der Waals surface area contributed by atoms with E-state index in [4.69, 9.17) is 0 Å². The van der Waals surface area contributed by atoms with Gasteiger partial charge in [0, 0.05) is 12.3 Å². The van der Waals surface area contributed by atoms with Crippen LogP contribution in [0.15, 0.2) is 23.1 Å². The molecule has 10 heteroatoms. The van der Waals surface area contributed by atoms with Gasteiger partial charge in [0.05, 0.1) is 12.2 Å². The van der Waals surface area contributed by atoms with Crippen molar-refractivity contribution in [2.75, 3.05) is 6.61 Å². The Bertz CT molecular complexity index is 583. The molecule has 0 aromatic carbocycles. The highest BCUT2D eigenvalue weighted by molar-refractivity contribution is 5.78. The van der Waals surface area contributed by atoms with Crippen LogP contribution in [0.5, 0.6) is 0 Å². The van der Waals surface area contributed by atoms with Gasteiger partial charge in [0.25, 0.3) is 11.5 Å². The van der Waals surface area contributed by atoms with Crippen LogP contribution in [0.1, 0.15) is 12.5 Å². The third-order valence-corrected chi connectivity index (χ3v) is 2.20. The predicted molar refractivity (Wildman–Crippen MR) is 64.0 cm³/mol. The number of hydrogen-bond acceptors (Lipinski definition) is 4. The largest absolute Gasteiger partial charge is 0.449 e. The number of nitrogens with one attached hydrogen (secondary N) is 2. The molecule has 0 unspecified atom stereocenters. The summed E-state index contributed by atoms with van der Waals surface area (Å²) in [5, 5.41) is 0. The van der Waals surface area contributed by atoms with E-state index in [0.29, 0.717) is 22.9 Å². The molecule has 0 aliphatic rings. The molecule has 2 N–H and O–H groups in total. The number of hydrazine groups is 1. The van der Waals surface area contributed by atoms with Gasteiger partial charge in [0.15, 0.2) is 0 Å². The van der Waals surface area contributed by atoms with E-state index in [1.165, 1.54) is 0 Å². The monoisotopic (exact) mass is 307 g/mol. The maximum atomic E-state index is 12.5. The van der Waals surface area contributed by atoms with Crippen molar-refractivity contribution in [1.82, 2.24) is 15.4 Å². The molecule has 2 amide bonds. The Morgan fingerprint density at radius 3 is 2.52 bits per heavy atom. The zero-order valence-electron chi connectivity index (χ0n) is 10.9. The molecule has 116 valence electrons. The number of aromatic nitrogens is 1. The highest BCUT2D eigenvalue weighted by Crippen LogP contribution is 2.27. The normalized spacial score (nSPS) is 10.9. The summed E-state index contributed by atoms with van der Waals surface area (Å²) in [4.78, 5) is 33.7. The lowest BCUT2D eigenvalue weighted by Crippen LogP contribution is -2.44. The lowest BCUT2D eigenvalue weighted by Gasteiger charge is -2.11. The van der Waals surface area contributed by atoms with Crippen LogP contribution in [0, 0.1) is 0 Å². The van der Waals surface area contributed by atoms with Crippen LogP contribution in [-0.4, -0.2) is 23.2 Å². The topological polar surface area (TPSA) is 89.4 Å². The predicted octanol–water partition coefficient (Wildman–Crippen LogP) is 0.644. The summed E-state index contributed by atoms with van der Waals surface area (Å²) in [5.74, 6) is -0.885. The first-order valence-corrected chi connectivity index (χ1v) is 5.73. The Labute approximate surface area is 116 Å². The van der Waals surface area contributed by atoms with E-state index in [-0.39, 0.29) is 6.61 Å². The van der Waals surface area contributed by atoms with Crippen LogP contribution in [0.4, 0.5) is 18.0 Å². The first-order valence-electron chi connectivity index (χ1n) is 5.73. The Hall–Kier alpha value is -2.52. The van der Waals surface area contributed by atoms with Crippen molar-refractivity contribution in [3.8, 4) is 0 Å². The summed E-state index contributed by atoms with van der Waals surface area (Å²) < 4.78 is 42.5.